The Labute approximate surface area is 286 Å². The van der Waals surface area contributed by atoms with Crippen molar-refractivity contribution in [3.63, 3.8) is 0 Å². The summed E-state index contributed by atoms with van der Waals surface area (Å²) in [6.45, 7) is 0. The fraction of sp³-hybridized carbons (Fsp3) is 0. The van der Waals surface area contributed by atoms with Crippen molar-refractivity contribution in [2.75, 3.05) is 0 Å². The second kappa shape index (κ2) is 11.2. The zero-order chi connectivity index (χ0) is 32.3. The average Bonchev–Trinajstić information content (AvgIpc) is 3.85. The molecule has 1 aliphatic heterocycles. The summed E-state index contributed by atoms with van der Waals surface area (Å²) in [6, 6.07) is 48.8. The monoisotopic (exact) mass is 644 g/mol. The minimum atomic E-state index is 0.630. The highest BCUT2D eigenvalue weighted by Crippen LogP contribution is 2.47. The predicted octanol–water partition coefficient (Wildman–Crippen LogP) is 11.4. The first-order valence-corrected chi connectivity index (χ1v) is 17.2. The Hall–Kier alpha value is -6.30. The summed E-state index contributed by atoms with van der Waals surface area (Å²) in [4.78, 5) is 10.8. The third-order valence-electron chi connectivity index (χ3n) is 9.39. The molecule has 0 saturated heterocycles. The van der Waals surface area contributed by atoms with Gasteiger partial charge in [-0.25, -0.2) is 9.98 Å². The van der Waals surface area contributed by atoms with Crippen molar-refractivity contribution in [2.45, 2.75) is 0 Å². The van der Waals surface area contributed by atoms with E-state index in [0.29, 0.717) is 5.96 Å². The van der Waals surface area contributed by atoms with E-state index in [0.717, 1.165) is 39.3 Å². The molecule has 0 spiro atoms. The van der Waals surface area contributed by atoms with E-state index in [1.807, 2.05) is 23.5 Å². The lowest BCUT2D eigenvalue weighted by Crippen LogP contribution is -2.14. The van der Waals surface area contributed by atoms with Crippen LogP contribution < -0.4 is 0 Å². The third kappa shape index (κ3) is 4.44. The quantitative estimate of drug-likeness (QED) is 0.183. The largest absolute Gasteiger partial charge is 0.323 e. The molecule has 0 N–H and O–H groups in total. The molecule has 10 rings (SSSR count). The Bertz CT molecular complexity index is 2810. The Morgan fingerprint density at radius 2 is 1.16 bits per heavy atom. The van der Waals surface area contributed by atoms with Gasteiger partial charge in [-0.05, 0) is 36.4 Å². The normalized spacial score (nSPS) is 13.6. The number of hydrogen-bond donors (Lipinski definition) is 0. The topological polar surface area (TPSA) is 34.6 Å². The fourth-order valence-corrected chi connectivity index (χ4v) is 8.46. The molecule has 0 radical (unpaired) electrons. The number of hydrogen-bond acceptors (Lipinski definition) is 3. The summed E-state index contributed by atoms with van der Waals surface area (Å²) in [5.74, 6) is 0.630. The number of aromatic nitrogens is 2. The molecule has 0 amide bonds. The molecule has 9 aromatic rings. The highest BCUT2D eigenvalue weighted by molar-refractivity contribution is 7.27. The van der Waals surface area contributed by atoms with Crippen molar-refractivity contribution < 1.29 is 0 Å². The number of nitrogens with zero attached hydrogens (tertiary/aromatic N) is 4. The van der Waals surface area contributed by atoms with Gasteiger partial charge in [0.1, 0.15) is 0 Å². The number of allylic oxidation sites excluding steroid dienone is 3. The van der Waals surface area contributed by atoms with Gasteiger partial charge in [0.15, 0.2) is 0 Å². The van der Waals surface area contributed by atoms with Crippen LogP contribution in [0.4, 0.5) is 0 Å². The molecule has 0 saturated carbocycles. The van der Waals surface area contributed by atoms with Crippen LogP contribution in [0.3, 0.4) is 0 Å². The molecule has 0 fully saturated rings. The van der Waals surface area contributed by atoms with Crippen LogP contribution in [0.2, 0.25) is 0 Å². The minimum absolute atomic E-state index is 0.630. The molecule has 230 valence electrons. The van der Waals surface area contributed by atoms with Crippen LogP contribution in [-0.4, -0.2) is 20.8 Å². The van der Waals surface area contributed by atoms with Gasteiger partial charge in [-0.3, -0.25) is 4.57 Å². The summed E-state index contributed by atoms with van der Waals surface area (Å²) < 4.78 is 7.06. The third-order valence-corrected chi connectivity index (χ3v) is 10.6. The van der Waals surface area contributed by atoms with Gasteiger partial charge in [-0.1, -0.05) is 121 Å². The predicted molar refractivity (Wildman–Crippen MR) is 209 cm³/mol. The van der Waals surface area contributed by atoms with Crippen molar-refractivity contribution in [1.82, 2.24) is 9.13 Å². The molecule has 49 heavy (non-hydrogen) atoms. The molecule has 0 atom stereocenters. The molecule has 6 aromatic carbocycles. The molecule has 3 aromatic heterocycles. The maximum absolute atomic E-state index is 5.42. The standard InChI is InChI=1S/C44H28N4S/c1-4-15-29(16-5-1)36-23-14-24-37(30-17-6-2-7-18-30)46-44(45-36)48-38-25-12-10-21-32(38)40-34-27-47(31-19-8-3-9-20-31)28-35(34)41-33-22-11-13-26-39(33)49-43(41)42(40)48/h1-28H. The molecule has 5 heteroatoms. The first-order chi connectivity index (χ1) is 24.3. The molecule has 4 heterocycles. The van der Waals surface area contributed by atoms with Crippen LogP contribution in [-0.2, 0) is 0 Å². The van der Waals surface area contributed by atoms with E-state index in [2.05, 4.69) is 167 Å². The number of para-hydroxylation sites is 2. The zero-order valence-corrected chi connectivity index (χ0v) is 27.2. The Kier molecular flexibility index (Phi) is 6.32. The van der Waals surface area contributed by atoms with E-state index in [4.69, 9.17) is 9.98 Å². The van der Waals surface area contributed by atoms with E-state index >= 15 is 0 Å². The first-order valence-electron chi connectivity index (χ1n) is 16.4. The van der Waals surface area contributed by atoms with Gasteiger partial charge in [0, 0.05) is 66.2 Å². The summed E-state index contributed by atoms with van der Waals surface area (Å²) in [6.07, 6.45) is 10.8. The van der Waals surface area contributed by atoms with Crippen LogP contribution >= 0.6 is 11.3 Å². The van der Waals surface area contributed by atoms with E-state index in [1.54, 1.807) is 0 Å². The van der Waals surface area contributed by atoms with Gasteiger partial charge >= 0.3 is 0 Å². The number of benzene rings is 6. The summed E-state index contributed by atoms with van der Waals surface area (Å²) in [5.41, 5.74) is 7.13. The van der Waals surface area contributed by atoms with Gasteiger partial charge < -0.3 is 4.57 Å². The highest BCUT2D eigenvalue weighted by Gasteiger charge is 2.25. The molecular formula is C44H28N4S. The number of rotatable bonds is 3. The number of thiophene rings is 1. The molecule has 4 nitrogen and oxygen atoms in total. The van der Waals surface area contributed by atoms with Crippen LogP contribution in [0.5, 0.6) is 0 Å². The lowest BCUT2D eigenvalue weighted by Gasteiger charge is -2.13. The van der Waals surface area contributed by atoms with Gasteiger partial charge in [-0.2, -0.15) is 0 Å². The molecule has 0 aliphatic carbocycles. The average molecular weight is 645 g/mol. The Balaban J connectivity index is 1.38. The summed E-state index contributed by atoms with van der Waals surface area (Å²) >= 11 is 1.85. The minimum Gasteiger partial charge on any atom is -0.323 e. The second-order valence-electron chi connectivity index (χ2n) is 12.3. The summed E-state index contributed by atoms with van der Waals surface area (Å²) in [7, 11) is 0. The summed E-state index contributed by atoms with van der Waals surface area (Å²) in [5, 5.41) is 7.36. The lowest BCUT2D eigenvalue weighted by atomic mass is 10.0. The van der Waals surface area contributed by atoms with Gasteiger partial charge in [0.25, 0.3) is 0 Å². The van der Waals surface area contributed by atoms with E-state index in [9.17, 15) is 0 Å². The Morgan fingerprint density at radius 1 is 0.531 bits per heavy atom. The van der Waals surface area contributed by atoms with Crippen molar-refractivity contribution >= 4 is 81.5 Å². The highest BCUT2D eigenvalue weighted by atomic mass is 32.1. The second-order valence-corrected chi connectivity index (χ2v) is 13.3. The maximum atomic E-state index is 5.42. The van der Waals surface area contributed by atoms with Gasteiger partial charge in [0.05, 0.1) is 27.1 Å². The number of fused-ring (bicyclic) bond motifs is 10. The fourth-order valence-electron chi connectivity index (χ4n) is 7.20. The maximum Gasteiger partial charge on any atom is 0.235 e. The van der Waals surface area contributed by atoms with E-state index in [-0.39, 0.29) is 0 Å². The van der Waals surface area contributed by atoms with Crippen molar-refractivity contribution in [2.24, 2.45) is 9.98 Å². The van der Waals surface area contributed by atoms with Crippen LogP contribution in [0, 0.1) is 0 Å². The molecular weight excluding hydrogens is 617 g/mol. The zero-order valence-electron chi connectivity index (χ0n) is 26.4. The van der Waals surface area contributed by atoms with Gasteiger partial charge in [0.2, 0.25) is 5.96 Å². The molecule has 1 aliphatic rings. The SMILES string of the molecule is C1=CC(c2ccccc2)=NC(n2c3ccccc3c3c4cn(-c5ccccc5)cc4c4c5ccccc5sc4c32)=NC(c2ccccc2)=C1. The molecule has 0 bridgehead atoms. The lowest BCUT2D eigenvalue weighted by molar-refractivity contribution is 1.09. The van der Waals surface area contributed by atoms with Gasteiger partial charge in [-0.15, -0.1) is 11.3 Å². The number of aliphatic imine (C=N–C) groups is 2. The van der Waals surface area contributed by atoms with E-state index in [1.165, 1.54) is 41.7 Å². The molecule has 0 unspecified atom stereocenters. The van der Waals surface area contributed by atoms with Crippen molar-refractivity contribution in [3.8, 4) is 5.69 Å². The van der Waals surface area contributed by atoms with Crippen LogP contribution in [0.15, 0.2) is 180 Å². The van der Waals surface area contributed by atoms with Crippen molar-refractivity contribution in [3.05, 3.63) is 181 Å². The van der Waals surface area contributed by atoms with E-state index < -0.39 is 0 Å². The smallest absolute Gasteiger partial charge is 0.235 e. The van der Waals surface area contributed by atoms with Crippen LogP contribution in [0.1, 0.15) is 11.1 Å². The Morgan fingerprint density at radius 3 is 1.94 bits per heavy atom. The first kappa shape index (κ1) is 27.8. The van der Waals surface area contributed by atoms with Crippen LogP contribution in [0.25, 0.3) is 64.1 Å². The van der Waals surface area contributed by atoms with Crippen molar-refractivity contribution in [1.29, 1.82) is 0 Å².